The number of H-pyrrole nitrogens is 1. The number of hydrogen-bond donors (Lipinski definition) is 2. The van der Waals surface area contributed by atoms with E-state index in [9.17, 15) is 0 Å². The number of aromatic nitrogens is 3. The number of pyridine rings is 1. The first kappa shape index (κ1) is 9.84. The van der Waals surface area contributed by atoms with Crippen LogP contribution in [0.2, 0.25) is 0 Å². The normalized spacial score (nSPS) is 10.6. The number of aromatic amines is 1. The number of nitrogens with zero attached hydrogens (tertiary/aromatic N) is 2. The summed E-state index contributed by atoms with van der Waals surface area (Å²) >= 11 is 0. The van der Waals surface area contributed by atoms with Gasteiger partial charge >= 0.3 is 0 Å². The van der Waals surface area contributed by atoms with Crippen LogP contribution in [0.3, 0.4) is 0 Å². The van der Waals surface area contributed by atoms with Crippen LogP contribution in [0.5, 0.6) is 0 Å². The van der Waals surface area contributed by atoms with Crippen molar-refractivity contribution in [3.8, 4) is 0 Å². The smallest absolute Gasteiger partial charge is 0.0726 e. The average molecular weight is 224 g/mol. The van der Waals surface area contributed by atoms with E-state index in [4.69, 9.17) is 0 Å². The van der Waals surface area contributed by atoms with Gasteiger partial charge in [0.1, 0.15) is 0 Å². The van der Waals surface area contributed by atoms with Gasteiger partial charge in [-0.15, -0.1) is 0 Å². The van der Waals surface area contributed by atoms with Crippen LogP contribution >= 0.6 is 0 Å². The van der Waals surface area contributed by atoms with Crippen LogP contribution in [0.15, 0.2) is 49.1 Å². The zero-order valence-corrected chi connectivity index (χ0v) is 9.22. The summed E-state index contributed by atoms with van der Waals surface area (Å²) < 4.78 is 0. The lowest BCUT2D eigenvalue weighted by molar-refractivity contribution is 1.09. The largest absolute Gasteiger partial charge is 0.378 e. The molecule has 84 valence electrons. The molecule has 0 amide bonds. The Bertz CT molecular complexity index is 616. The van der Waals surface area contributed by atoms with Crippen molar-refractivity contribution in [2.75, 3.05) is 5.32 Å². The molecular formula is C13H12N4. The van der Waals surface area contributed by atoms with Crippen LogP contribution in [0.25, 0.3) is 10.8 Å². The highest BCUT2D eigenvalue weighted by Crippen LogP contribution is 2.15. The summed E-state index contributed by atoms with van der Waals surface area (Å²) in [7, 11) is 0. The quantitative estimate of drug-likeness (QED) is 0.719. The Hall–Kier alpha value is -2.36. The van der Waals surface area contributed by atoms with Gasteiger partial charge in [0.25, 0.3) is 0 Å². The fourth-order valence-electron chi connectivity index (χ4n) is 1.79. The minimum Gasteiger partial charge on any atom is -0.378 e. The van der Waals surface area contributed by atoms with Crippen molar-refractivity contribution in [3.63, 3.8) is 0 Å². The molecule has 0 saturated heterocycles. The summed E-state index contributed by atoms with van der Waals surface area (Å²) in [6, 6.07) is 8.40. The number of benzene rings is 1. The van der Waals surface area contributed by atoms with E-state index in [0.717, 1.165) is 12.2 Å². The topological polar surface area (TPSA) is 53.6 Å². The van der Waals surface area contributed by atoms with Crippen molar-refractivity contribution in [2.24, 2.45) is 0 Å². The maximum Gasteiger partial charge on any atom is 0.0726 e. The van der Waals surface area contributed by atoms with E-state index in [-0.39, 0.29) is 0 Å². The Morgan fingerprint density at radius 1 is 1.12 bits per heavy atom. The van der Waals surface area contributed by atoms with Crippen molar-refractivity contribution >= 4 is 16.5 Å². The first-order chi connectivity index (χ1) is 8.42. The van der Waals surface area contributed by atoms with Crippen molar-refractivity contribution in [1.82, 2.24) is 15.2 Å². The highest BCUT2D eigenvalue weighted by molar-refractivity contribution is 5.82. The van der Waals surface area contributed by atoms with Gasteiger partial charge in [-0.1, -0.05) is 12.1 Å². The molecule has 2 N–H and O–H groups in total. The predicted octanol–water partition coefficient (Wildman–Crippen LogP) is 2.57. The molecule has 0 saturated carbocycles. The molecule has 4 heteroatoms. The van der Waals surface area contributed by atoms with Gasteiger partial charge in [0.05, 0.1) is 11.9 Å². The second-order valence-electron chi connectivity index (χ2n) is 3.90. The zero-order valence-electron chi connectivity index (χ0n) is 9.22. The van der Waals surface area contributed by atoms with E-state index < -0.39 is 0 Å². The lowest BCUT2D eigenvalue weighted by Gasteiger charge is -2.05. The average Bonchev–Trinajstić information content (AvgIpc) is 2.89. The Kier molecular flexibility index (Phi) is 2.46. The number of hydrogen-bond acceptors (Lipinski definition) is 3. The van der Waals surface area contributed by atoms with Crippen LogP contribution in [0, 0.1) is 0 Å². The summed E-state index contributed by atoms with van der Waals surface area (Å²) in [6.07, 6.45) is 7.30. The van der Waals surface area contributed by atoms with E-state index >= 15 is 0 Å². The van der Waals surface area contributed by atoms with Crippen molar-refractivity contribution < 1.29 is 0 Å². The second-order valence-corrected chi connectivity index (χ2v) is 3.90. The molecule has 0 spiro atoms. The Labute approximate surface area is 98.7 Å². The number of anilines is 1. The van der Waals surface area contributed by atoms with Gasteiger partial charge in [0.15, 0.2) is 0 Å². The number of rotatable bonds is 3. The highest BCUT2D eigenvalue weighted by Gasteiger charge is 1.97. The molecule has 2 aromatic heterocycles. The van der Waals surface area contributed by atoms with Crippen LogP contribution in [-0.2, 0) is 6.54 Å². The molecule has 0 aliphatic rings. The molecule has 0 radical (unpaired) electrons. The molecule has 2 heterocycles. The molecule has 0 aliphatic heterocycles. The van der Waals surface area contributed by atoms with Gasteiger partial charge in [-0.25, -0.2) is 0 Å². The van der Waals surface area contributed by atoms with Crippen LogP contribution in [0.1, 0.15) is 5.56 Å². The summed E-state index contributed by atoms with van der Waals surface area (Å²) in [5, 5.41) is 12.3. The lowest BCUT2D eigenvalue weighted by Crippen LogP contribution is -1.97. The van der Waals surface area contributed by atoms with Crippen molar-refractivity contribution in [3.05, 3.63) is 54.6 Å². The van der Waals surface area contributed by atoms with Gasteiger partial charge in [-0.05, 0) is 23.1 Å². The molecule has 0 unspecified atom stereocenters. The molecule has 0 bridgehead atoms. The van der Waals surface area contributed by atoms with E-state index in [1.807, 2.05) is 24.7 Å². The monoisotopic (exact) mass is 224 g/mol. The second kappa shape index (κ2) is 4.25. The minimum absolute atomic E-state index is 0.789. The molecule has 3 rings (SSSR count). The summed E-state index contributed by atoms with van der Waals surface area (Å²) in [4.78, 5) is 4.10. The van der Waals surface area contributed by atoms with E-state index in [1.54, 1.807) is 6.20 Å². The van der Waals surface area contributed by atoms with E-state index in [1.165, 1.54) is 16.3 Å². The fourth-order valence-corrected chi connectivity index (χ4v) is 1.79. The van der Waals surface area contributed by atoms with Gasteiger partial charge in [0, 0.05) is 30.5 Å². The summed E-state index contributed by atoms with van der Waals surface area (Å²) in [5.74, 6) is 0. The first-order valence-electron chi connectivity index (χ1n) is 5.47. The molecule has 0 atom stereocenters. The Morgan fingerprint density at radius 3 is 3.00 bits per heavy atom. The third-order valence-electron chi connectivity index (χ3n) is 2.70. The predicted molar refractivity (Wildman–Crippen MR) is 67.7 cm³/mol. The molecule has 17 heavy (non-hydrogen) atoms. The first-order valence-corrected chi connectivity index (χ1v) is 5.47. The molecule has 3 aromatic rings. The van der Waals surface area contributed by atoms with Crippen molar-refractivity contribution in [2.45, 2.75) is 6.54 Å². The SMILES string of the molecule is c1cc2cc(CNc3cn[nH]c3)ccc2cn1. The fraction of sp³-hybridized carbons (Fsp3) is 0.0769. The number of fused-ring (bicyclic) bond motifs is 1. The third-order valence-corrected chi connectivity index (χ3v) is 2.70. The number of nitrogens with one attached hydrogen (secondary N) is 2. The van der Waals surface area contributed by atoms with Crippen LogP contribution < -0.4 is 5.32 Å². The van der Waals surface area contributed by atoms with Crippen LogP contribution in [-0.4, -0.2) is 15.2 Å². The molecule has 0 aliphatic carbocycles. The maximum atomic E-state index is 4.10. The summed E-state index contributed by atoms with van der Waals surface area (Å²) in [5.41, 5.74) is 2.24. The molecule has 4 nitrogen and oxygen atoms in total. The molecule has 1 aromatic carbocycles. The maximum absolute atomic E-state index is 4.10. The highest BCUT2D eigenvalue weighted by atomic mass is 15.1. The lowest BCUT2D eigenvalue weighted by atomic mass is 10.1. The summed E-state index contributed by atoms with van der Waals surface area (Å²) in [6.45, 7) is 0.789. The van der Waals surface area contributed by atoms with Gasteiger partial charge in [0.2, 0.25) is 0 Å². The molecule has 0 fully saturated rings. The van der Waals surface area contributed by atoms with Crippen molar-refractivity contribution in [1.29, 1.82) is 0 Å². The van der Waals surface area contributed by atoms with Gasteiger partial charge < -0.3 is 5.32 Å². The van der Waals surface area contributed by atoms with E-state index in [2.05, 4.69) is 38.7 Å². The Morgan fingerprint density at radius 2 is 2.12 bits per heavy atom. The van der Waals surface area contributed by atoms with Gasteiger partial charge in [-0.3, -0.25) is 10.1 Å². The van der Waals surface area contributed by atoms with Gasteiger partial charge in [-0.2, -0.15) is 5.10 Å². The standard InChI is InChI=1S/C13H12N4/c1-2-12-7-14-4-3-11(12)5-10(1)6-15-13-8-16-17-9-13/h1-5,7-9,15H,6H2,(H,16,17). The zero-order chi connectivity index (χ0) is 11.5. The minimum atomic E-state index is 0.789. The molecular weight excluding hydrogens is 212 g/mol. The van der Waals surface area contributed by atoms with E-state index in [0.29, 0.717) is 0 Å². The Balaban J connectivity index is 1.81. The third kappa shape index (κ3) is 2.10. The van der Waals surface area contributed by atoms with Crippen LogP contribution in [0.4, 0.5) is 5.69 Å².